The molecule has 2 N–H and O–H groups in total. The number of ketones is 2. The normalized spacial score (nSPS) is 35.8. The van der Waals surface area contributed by atoms with E-state index in [1.807, 2.05) is 0 Å². The van der Waals surface area contributed by atoms with E-state index < -0.39 is 124 Å². The molecule has 4 rings (SSSR count). The molecule has 0 saturated carbocycles. The van der Waals surface area contributed by atoms with Gasteiger partial charge in [0.15, 0.2) is 27.5 Å². The van der Waals surface area contributed by atoms with Crippen LogP contribution in [0, 0.1) is 23.7 Å². The summed E-state index contributed by atoms with van der Waals surface area (Å²) in [6, 6.07) is 3.81. The molecule has 62 heavy (non-hydrogen) atoms. The molecule has 0 aliphatic carbocycles. The average molecular weight is 898 g/mol. The molecule has 0 spiro atoms. The summed E-state index contributed by atoms with van der Waals surface area (Å²) in [4.78, 5) is 71.8. The smallest absolute Gasteiger partial charge is 0.410 e. The largest absolute Gasteiger partial charge is 0.458 e. The second-order valence-electron chi connectivity index (χ2n) is 18.1. The molecule has 350 valence electrons. The zero-order chi connectivity index (χ0) is 46.6. The lowest BCUT2D eigenvalue weighted by Gasteiger charge is -2.47. The number of esters is 1. The number of carbonyl (C=O) groups is 5. The Bertz CT molecular complexity index is 1890. The number of cyclic esters (lactones) is 1. The molecule has 1 aromatic carbocycles. The van der Waals surface area contributed by atoms with Crippen LogP contribution in [0.4, 0.5) is 9.18 Å². The van der Waals surface area contributed by atoms with Gasteiger partial charge in [-0.2, -0.15) is 0 Å². The van der Waals surface area contributed by atoms with Gasteiger partial charge in [0.25, 0.3) is 0 Å². The van der Waals surface area contributed by atoms with Gasteiger partial charge in [-0.3, -0.25) is 19.2 Å². The van der Waals surface area contributed by atoms with Gasteiger partial charge in [0.2, 0.25) is 5.91 Å². The molecule has 3 heterocycles. The van der Waals surface area contributed by atoms with Gasteiger partial charge in [0.1, 0.15) is 30.6 Å². The van der Waals surface area contributed by atoms with Gasteiger partial charge < -0.3 is 43.9 Å². The van der Waals surface area contributed by atoms with Gasteiger partial charge in [-0.15, -0.1) is 0 Å². The van der Waals surface area contributed by atoms with Crippen molar-refractivity contribution in [2.24, 2.45) is 23.7 Å². The van der Waals surface area contributed by atoms with Gasteiger partial charge in [-0.1, -0.05) is 39.8 Å². The number of Topliss-reactive ketones (excluding diaryl/α,β-unsaturated/α-hetero) is 2. The number of methoxy groups -OCH3 is 1. The van der Waals surface area contributed by atoms with E-state index in [-0.39, 0.29) is 42.9 Å². The number of nitrogens with zero attached hydrogens (tertiary/aromatic N) is 2. The summed E-state index contributed by atoms with van der Waals surface area (Å²) >= 11 is 0. The number of amides is 2. The maximum Gasteiger partial charge on any atom is 0.410 e. The first-order valence-electron chi connectivity index (χ1n) is 21.5. The van der Waals surface area contributed by atoms with Crippen molar-refractivity contribution >= 4 is 39.4 Å². The highest BCUT2D eigenvalue weighted by Gasteiger charge is 2.59. The minimum atomic E-state index is -3.40. The molecule has 1 aromatic rings. The van der Waals surface area contributed by atoms with Gasteiger partial charge in [-0.05, 0) is 78.1 Å². The van der Waals surface area contributed by atoms with Crippen LogP contribution in [0.3, 0.4) is 0 Å². The van der Waals surface area contributed by atoms with Crippen molar-refractivity contribution in [2.45, 2.75) is 152 Å². The Balaban J connectivity index is 1.55. The van der Waals surface area contributed by atoms with Crippen LogP contribution in [0.1, 0.15) is 86.6 Å². The molecule has 3 aliphatic heterocycles. The van der Waals surface area contributed by atoms with Crippen LogP contribution in [0.15, 0.2) is 29.2 Å². The molecule has 0 radical (unpaired) electrons. The number of aliphatic hydroxyl groups excluding tert-OH is 1. The first-order valence-corrected chi connectivity index (χ1v) is 23.3. The number of halogens is 1. The number of rotatable bonds is 13. The Morgan fingerprint density at radius 2 is 1.69 bits per heavy atom. The Morgan fingerprint density at radius 3 is 2.26 bits per heavy atom. The van der Waals surface area contributed by atoms with Crippen LogP contribution in [0.2, 0.25) is 0 Å². The standard InChI is InChI=1S/C44H68FN3O13S/c1-13-33-44(8)38(48(10)42(54)61-44)26(4)35(50)24(2)22-43(7,57-11)39(27(5)36(51)28(6)40(53)59-33)60-41-37(52)32(20-25(3)58-41)47(9)19-18-34(49)46-30(23-45)21-29-14-16-31(17-15-29)62(12,55)56/h14-17,24-28,30,32-33,37-39,41,52H,13,18-23H2,1-12H3,(H,46,49)/t24-,25-,26+,27+,28-,30?,32+,33-,37-,38?,39-,41+,43?,44?/m1/s1. The summed E-state index contributed by atoms with van der Waals surface area (Å²) < 4.78 is 68.4. The van der Waals surface area contributed by atoms with E-state index in [4.69, 9.17) is 23.7 Å². The van der Waals surface area contributed by atoms with Gasteiger partial charge in [0.05, 0.1) is 34.8 Å². The fraction of sp³-hybridized carbons (Fsp3) is 0.750. The highest BCUT2D eigenvalue weighted by Crippen LogP contribution is 2.42. The maximum atomic E-state index is 14.3. The highest BCUT2D eigenvalue weighted by atomic mass is 32.2. The number of nitrogens with one attached hydrogen (secondary N) is 1. The molecule has 14 atom stereocenters. The number of carbonyl (C=O) groups excluding carboxylic acids is 5. The van der Waals surface area contributed by atoms with Crippen LogP contribution in [0.5, 0.6) is 0 Å². The summed E-state index contributed by atoms with van der Waals surface area (Å²) in [6.07, 6.45) is -4.04. The van der Waals surface area contributed by atoms with Crippen molar-refractivity contribution < 1.29 is 65.6 Å². The summed E-state index contributed by atoms with van der Waals surface area (Å²) in [5.41, 5.74) is -2.11. The third-order valence-electron chi connectivity index (χ3n) is 13.3. The second kappa shape index (κ2) is 20.5. The molecule has 18 heteroatoms. The van der Waals surface area contributed by atoms with Crippen LogP contribution in [-0.4, -0.2) is 154 Å². The summed E-state index contributed by atoms with van der Waals surface area (Å²) in [6.45, 7) is 12.7. The van der Waals surface area contributed by atoms with E-state index in [0.29, 0.717) is 12.0 Å². The van der Waals surface area contributed by atoms with Crippen molar-refractivity contribution in [3.05, 3.63) is 29.8 Å². The Hall–Kier alpha value is -3.55. The molecule has 3 saturated heterocycles. The predicted octanol–water partition coefficient (Wildman–Crippen LogP) is 3.68. The number of fused-ring (bicyclic) bond motifs is 1. The monoisotopic (exact) mass is 897 g/mol. The minimum Gasteiger partial charge on any atom is -0.458 e. The number of hydrogen-bond donors (Lipinski definition) is 2. The van der Waals surface area contributed by atoms with Gasteiger partial charge in [-0.25, -0.2) is 17.6 Å². The number of aliphatic hydroxyl groups is 1. The molecule has 3 aliphatic rings. The summed E-state index contributed by atoms with van der Waals surface area (Å²) in [5, 5.41) is 14.6. The number of alkyl halides is 1. The zero-order valence-corrected chi connectivity index (χ0v) is 39.0. The lowest BCUT2D eigenvalue weighted by Crippen LogP contribution is -2.60. The number of ether oxygens (including phenoxy) is 5. The Kier molecular flexibility index (Phi) is 16.9. The summed E-state index contributed by atoms with van der Waals surface area (Å²) in [7, 11) is 1.30. The molecule has 3 fully saturated rings. The Morgan fingerprint density at radius 1 is 1.06 bits per heavy atom. The highest BCUT2D eigenvalue weighted by molar-refractivity contribution is 7.90. The van der Waals surface area contributed by atoms with E-state index >= 15 is 0 Å². The van der Waals surface area contributed by atoms with Gasteiger partial charge in [0, 0.05) is 57.2 Å². The Labute approximate surface area is 365 Å². The number of hydrogen-bond acceptors (Lipinski definition) is 14. The molecule has 2 amide bonds. The molecule has 0 bridgehead atoms. The van der Waals surface area contributed by atoms with Crippen LogP contribution in [0.25, 0.3) is 0 Å². The van der Waals surface area contributed by atoms with E-state index in [2.05, 4.69) is 5.32 Å². The first kappa shape index (κ1) is 51.1. The van der Waals surface area contributed by atoms with E-state index in [1.54, 1.807) is 72.5 Å². The minimum absolute atomic E-state index is 0.0345. The van der Waals surface area contributed by atoms with Gasteiger partial charge >= 0.3 is 12.1 Å². The number of benzene rings is 1. The van der Waals surface area contributed by atoms with Crippen LogP contribution < -0.4 is 5.32 Å². The average Bonchev–Trinajstić information content (AvgIpc) is 3.46. The third-order valence-corrected chi connectivity index (χ3v) is 14.4. The van der Waals surface area contributed by atoms with Crippen molar-refractivity contribution in [2.75, 3.05) is 40.7 Å². The van der Waals surface area contributed by atoms with Crippen molar-refractivity contribution in [1.29, 1.82) is 0 Å². The van der Waals surface area contributed by atoms with E-state index in [1.165, 1.54) is 38.1 Å². The van der Waals surface area contributed by atoms with E-state index in [9.17, 15) is 41.9 Å². The predicted molar refractivity (Wildman–Crippen MR) is 225 cm³/mol. The van der Waals surface area contributed by atoms with Crippen molar-refractivity contribution in [3.8, 4) is 0 Å². The second-order valence-corrected chi connectivity index (χ2v) is 20.1. The molecule has 16 nitrogen and oxygen atoms in total. The fourth-order valence-electron chi connectivity index (χ4n) is 9.60. The topological polar surface area (TPSA) is 204 Å². The van der Waals surface area contributed by atoms with Crippen LogP contribution in [-0.2, 0) is 59.1 Å². The quantitative estimate of drug-likeness (QED) is 0.214. The molecular formula is C44H68FN3O13S. The molecule has 0 aromatic heterocycles. The third kappa shape index (κ3) is 11.2. The fourth-order valence-corrected chi connectivity index (χ4v) is 10.2. The maximum absolute atomic E-state index is 14.3. The van der Waals surface area contributed by atoms with E-state index in [0.717, 1.165) is 6.26 Å². The first-order chi connectivity index (χ1) is 28.8. The zero-order valence-electron chi connectivity index (χ0n) is 38.2. The number of likely N-dealkylation sites (N-methyl/N-ethyl adjacent to an activating group) is 2. The summed E-state index contributed by atoms with van der Waals surface area (Å²) in [5.74, 6) is -5.83. The number of sulfone groups is 1. The molecule has 4 unspecified atom stereocenters. The lowest BCUT2D eigenvalue weighted by molar-refractivity contribution is -0.296. The lowest BCUT2D eigenvalue weighted by atomic mass is 9.73. The SMILES string of the molecule is CC[C@H]1OC(=O)[C@H](C)C(=O)[C@H](C)[C@@H](O[C@@H]2O[C@H](C)C[C@H](N(C)CCC(=O)NC(CF)Cc3ccc(S(C)(=O)=O)cc3)[C@H]2O)C(C)(OC)C[C@@H](C)C(=O)[C@H](C)C2N(C)C(=O)OC21C. The van der Waals surface area contributed by atoms with Crippen LogP contribution >= 0.6 is 0 Å². The van der Waals surface area contributed by atoms with Crippen molar-refractivity contribution in [3.63, 3.8) is 0 Å². The molecular weight excluding hydrogens is 830 g/mol. The van der Waals surface area contributed by atoms with Crippen molar-refractivity contribution in [1.82, 2.24) is 15.1 Å².